The first-order chi connectivity index (χ1) is 9.52. The third-order valence-electron chi connectivity index (χ3n) is 2.83. The van der Waals surface area contributed by atoms with Crippen molar-refractivity contribution in [3.63, 3.8) is 0 Å². The molecule has 0 aliphatic rings. The molecule has 4 nitrogen and oxygen atoms in total. The summed E-state index contributed by atoms with van der Waals surface area (Å²) < 4.78 is 4.77. The lowest BCUT2D eigenvalue weighted by Crippen LogP contribution is -2.26. The van der Waals surface area contributed by atoms with Crippen molar-refractivity contribution >= 4 is 23.5 Å². The van der Waals surface area contributed by atoms with Crippen LogP contribution in [0.25, 0.3) is 0 Å². The molecule has 1 aromatic rings. The zero-order valence-electron chi connectivity index (χ0n) is 11.9. The number of amides is 1. The van der Waals surface area contributed by atoms with Crippen LogP contribution in [-0.2, 0) is 20.7 Å². The lowest BCUT2D eigenvalue weighted by molar-refractivity contribution is -0.143. The minimum atomic E-state index is -0.293. The number of hydrogen-bond donors (Lipinski definition) is 1. The average Bonchev–Trinajstić information content (AvgIpc) is 2.40. The highest BCUT2D eigenvalue weighted by Gasteiger charge is 2.05. The topological polar surface area (TPSA) is 55.4 Å². The number of benzene rings is 1. The molecule has 0 saturated heterocycles. The van der Waals surface area contributed by atoms with E-state index in [1.807, 2.05) is 25.1 Å². The molecular weight excluding hydrogens is 278 g/mol. The Morgan fingerprint density at radius 3 is 2.70 bits per heavy atom. The molecule has 0 heterocycles. The summed E-state index contributed by atoms with van der Waals surface area (Å²) in [5.74, 6) is -0.371. The van der Waals surface area contributed by atoms with Gasteiger partial charge in [0.15, 0.2) is 0 Å². The van der Waals surface area contributed by atoms with Gasteiger partial charge in [0.25, 0.3) is 0 Å². The largest absolute Gasteiger partial charge is 0.466 e. The van der Waals surface area contributed by atoms with Crippen LogP contribution >= 0.6 is 11.6 Å². The summed E-state index contributed by atoms with van der Waals surface area (Å²) in [6, 6.07) is 5.78. The van der Waals surface area contributed by atoms with Crippen molar-refractivity contribution in [2.24, 2.45) is 0 Å². The number of carbonyl (C=O) groups is 2. The second-order valence-electron chi connectivity index (χ2n) is 4.49. The van der Waals surface area contributed by atoms with Crippen LogP contribution in [0.2, 0.25) is 5.02 Å². The van der Waals surface area contributed by atoms with E-state index >= 15 is 0 Å². The van der Waals surface area contributed by atoms with Crippen molar-refractivity contribution in [3.05, 3.63) is 34.3 Å². The van der Waals surface area contributed by atoms with Crippen LogP contribution in [0, 0.1) is 6.92 Å². The molecule has 1 amide bonds. The number of carbonyl (C=O) groups excluding carboxylic acids is 2. The van der Waals surface area contributed by atoms with Gasteiger partial charge >= 0.3 is 5.97 Å². The van der Waals surface area contributed by atoms with E-state index in [9.17, 15) is 9.59 Å². The van der Waals surface area contributed by atoms with E-state index in [2.05, 4.69) is 5.32 Å². The van der Waals surface area contributed by atoms with Gasteiger partial charge in [0.1, 0.15) is 0 Å². The van der Waals surface area contributed by atoms with Crippen molar-refractivity contribution in [2.45, 2.75) is 33.1 Å². The van der Waals surface area contributed by atoms with Crippen molar-refractivity contribution < 1.29 is 14.3 Å². The monoisotopic (exact) mass is 297 g/mol. The van der Waals surface area contributed by atoms with Crippen molar-refractivity contribution in [3.8, 4) is 0 Å². The number of rotatable bonds is 7. The van der Waals surface area contributed by atoms with E-state index in [0.29, 0.717) is 31.0 Å². The molecule has 0 aliphatic carbocycles. The van der Waals surface area contributed by atoms with Gasteiger partial charge in [0.2, 0.25) is 5.91 Å². The first-order valence-corrected chi connectivity index (χ1v) is 7.08. The summed E-state index contributed by atoms with van der Waals surface area (Å²) >= 11 is 6.03. The maximum Gasteiger partial charge on any atom is 0.307 e. The quantitative estimate of drug-likeness (QED) is 0.787. The number of halogens is 1. The van der Waals surface area contributed by atoms with E-state index in [1.165, 1.54) is 0 Å². The van der Waals surface area contributed by atoms with E-state index in [-0.39, 0.29) is 18.3 Å². The van der Waals surface area contributed by atoms with E-state index in [0.717, 1.165) is 11.1 Å². The second-order valence-corrected chi connectivity index (χ2v) is 4.90. The van der Waals surface area contributed by atoms with Crippen LogP contribution in [0.1, 0.15) is 30.9 Å². The Morgan fingerprint density at radius 1 is 1.30 bits per heavy atom. The van der Waals surface area contributed by atoms with Gasteiger partial charge in [-0.1, -0.05) is 23.7 Å². The average molecular weight is 298 g/mol. The Bertz CT molecular complexity index is 474. The molecule has 0 unspecified atom stereocenters. The highest BCUT2D eigenvalue weighted by molar-refractivity contribution is 6.31. The Kier molecular flexibility index (Phi) is 7.09. The standard InChI is InChI=1S/C15H20ClNO3/c1-3-20-15(19)8-9-17-14(18)7-6-12-5-4-11(2)13(16)10-12/h4-5,10H,3,6-9H2,1-2H3,(H,17,18). The van der Waals surface area contributed by atoms with Gasteiger partial charge in [-0.3, -0.25) is 9.59 Å². The van der Waals surface area contributed by atoms with Gasteiger partial charge in [0.05, 0.1) is 13.0 Å². The van der Waals surface area contributed by atoms with Gasteiger partial charge in [-0.2, -0.15) is 0 Å². The molecule has 110 valence electrons. The zero-order chi connectivity index (χ0) is 15.0. The summed E-state index contributed by atoms with van der Waals surface area (Å²) in [7, 11) is 0. The van der Waals surface area contributed by atoms with Crippen LogP contribution in [0.3, 0.4) is 0 Å². The predicted octanol–water partition coefficient (Wildman–Crippen LogP) is 2.65. The molecule has 0 saturated carbocycles. The number of aryl methyl sites for hydroxylation is 2. The Hall–Kier alpha value is -1.55. The molecule has 20 heavy (non-hydrogen) atoms. The first kappa shape index (κ1) is 16.5. The third kappa shape index (κ3) is 6.06. The maximum atomic E-state index is 11.6. The van der Waals surface area contributed by atoms with Gasteiger partial charge in [-0.15, -0.1) is 0 Å². The molecule has 1 rings (SSSR count). The summed E-state index contributed by atoms with van der Waals surface area (Å²) in [5.41, 5.74) is 2.05. The molecular formula is C15H20ClNO3. The summed E-state index contributed by atoms with van der Waals surface area (Å²) in [5, 5.41) is 3.41. The van der Waals surface area contributed by atoms with Crippen LogP contribution in [-0.4, -0.2) is 25.0 Å². The normalized spacial score (nSPS) is 10.2. The summed E-state index contributed by atoms with van der Waals surface area (Å²) in [6.45, 7) is 4.37. The molecule has 1 N–H and O–H groups in total. The number of esters is 1. The van der Waals surface area contributed by atoms with E-state index in [4.69, 9.17) is 16.3 Å². The van der Waals surface area contributed by atoms with Crippen LogP contribution in [0.4, 0.5) is 0 Å². The molecule has 5 heteroatoms. The van der Waals surface area contributed by atoms with Gasteiger partial charge in [-0.25, -0.2) is 0 Å². The first-order valence-electron chi connectivity index (χ1n) is 6.70. The molecule has 0 bridgehead atoms. The van der Waals surface area contributed by atoms with Crippen LogP contribution in [0.15, 0.2) is 18.2 Å². The zero-order valence-corrected chi connectivity index (χ0v) is 12.6. The minimum Gasteiger partial charge on any atom is -0.466 e. The highest BCUT2D eigenvalue weighted by Crippen LogP contribution is 2.17. The van der Waals surface area contributed by atoms with Crippen molar-refractivity contribution in [2.75, 3.05) is 13.2 Å². The van der Waals surface area contributed by atoms with E-state index in [1.54, 1.807) is 6.92 Å². The molecule has 0 spiro atoms. The fraction of sp³-hybridized carbons (Fsp3) is 0.467. The van der Waals surface area contributed by atoms with E-state index < -0.39 is 0 Å². The predicted molar refractivity (Wildman–Crippen MR) is 78.8 cm³/mol. The lowest BCUT2D eigenvalue weighted by Gasteiger charge is -2.06. The fourth-order valence-corrected chi connectivity index (χ4v) is 1.88. The molecule has 0 fully saturated rings. The Morgan fingerprint density at radius 2 is 2.05 bits per heavy atom. The number of hydrogen-bond acceptors (Lipinski definition) is 3. The van der Waals surface area contributed by atoms with Gasteiger partial charge in [0, 0.05) is 18.0 Å². The van der Waals surface area contributed by atoms with Crippen molar-refractivity contribution in [1.29, 1.82) is 0 Å². The SMILES string of the molecule is CCOC(=O)CCNC(=O)CCc1ccc(C)c(Cl)c1. The fourth-order valence-electron chi connectivity index (χ4n) is 1.68. The number of ether oxygens (including phenoxy) is 1. The second kappa shape index (κ2) is 8.59. The van der Waals surface area contributed by atoms with Gasteiger partial charge in [-0.05, 0) is 37.5 Å². The Balaban J connectivity index is 2.26. The van der Waals surface area contributed by atoms with Gasteiger partial charge < -0.3 is 10.1 Å². The Labute approximate surface area is 124 Å². The molecule has 1 aromatic carbocycles. The maximum absolute atomic E-state index is 11.6. The highest BCUT2D eigenvalue weighted by atomic mass is 35.5. The lowest BCUT2D eigenvalue weighted by atomic mass is 10.1. The molecule has 0 aliphatic heterocycles. The molecule has 0 atom stereocenters. The third-order valence-corrected chi connectivity index (χ3v) is 3.24. The summed E-state index contributed by atoms with van der Waals surface area (Å²) in [6.07, 6.45) is 1.21. The summed E-state index contributed by atoms with van der Waals surface area (Å²) in [4.78, 5) is 22.7. The van der Waals surface area contributed by atoms with Crippen LogP contribution < -0.4 is 5.32 Å². The molecule has 0 radical (unpaired) electrons. The molecule has 0 aromatic heterocycles. The van der Waals surface area contributed by atoms with Crippen LogP contribution in [0.5, 0.6) is 0 Å². The minimum absolute atomic E-state index is 0.0778. The number of nitrogens with one attached hydrogen (secondary N) is 1. The smallest absolute Gasteiger partial charge is 0.307 e. The van der Waals surface area contributed by atoms with Crippen molar-refractivity contribution in [1.82, 2.24) is 5.32 Å².